The van der Waals surface area contributed by atoms with Gasteiger partial charge in [0, 0.05) is 11.5 Å². The van der Waals surface area contributed by atoms with Gasteiger partial charge < -0.3 is 4.74 Å². The molecule has 0 aliphatic carbocycles. The van der Waals surface area contributed by atoms with E-state index in [0.29, 0.717) is 18.4 Å². The van der Waals surface area contributed by atoms with Crippen molar-refractivity contribution in [2.45, 2.75) is 39.2 Å². The van der Waals surface area contributed by atoms with Gasteiger partial charge in [0.05, 0.1) is 0 Å². The van der Waals surface area contributed by atoms with Crippen LogP contribution in [0.4, 0.5) is 17.6 Å². The van der Waals surface area contributed by atoms with Gasteiger partial charge in [-0.1, -0.05) is 13.8 Å². The third-order valence-electron chi connectivity index (χ3n) is 3.00. The molecule has 0 heterocycles. The Balaban J connectivity index is 2.82. The topological polar surface area (TPSA) is 26.3 Å². The molecule has 0 aliphatic rings. The van der Waals surface area contributed by atoms with Crippen LogP contribution in [0.5, 0.6) is 5.75 Å². The van der Waals surface area contributed by atoms with Gasteiger partial charge in [0.15, 0.2) is 5.78 Å². The number of benzene rings is 1. The summed E-state index contributed by atoms with van der Waals surface area (Å²) in [4.78, 5) is 12.0. The molecule has 0 aliphatic heterocycles. The lowest BCUT2D eigenvalue weighted by Gasteiger charge is -2.17. The van der Waals surface area contributed by atoms with Crippen LogP contribution >= 0.6 is 0 Å². The van der Waals surface area contributed by atoms with Gasteiger partial charge in [-0.05, 0) is 37.1 Å². The number of halogens is 4. The first-order valence-electron chi connectivity index (χ1n) is 6.31. The maximum absolute atomic E-state index is 12.7. The average molecular weight is 292 g/mol. The van der Waals surface area contributed by atoms with Crippen LogP contribution in [0, 0.1) is 5.92 Å². The minimum absolute atomic E-state index is 0.0952. The van der Waals surface area contributed by atoms with E-state index in [1.807, 2.05) is 13.8 Å². The van der Waals surface area contributed by atoms with Crippen molar-refractivity contribution in [3.05, 3.63) is 29.8 Å². The van der Waals surface area contributed by atoms with Crippen molar-refractivity contribution in [3.8, 4) is 5.75 Å². The zero-order chi connectivity index (χ0) is 15.3. The smallest absolute Gasteiger partial charge is 0.428 e. The number of alkyl halides is 4. The van der Waals surface area contributed by atoms with Gasteiger partial charge in [0.25, 0.3) is 0 Å². The van der Waals surface area contributed by atoms with Crippen molar-refractivity contribution in [1.29, 1.82) is 0 Å². The molecule has 0 fully saturated rings. The number of ether oxygens (including phenoxy) is 1. The third-order valence-corrected chi connectivity index (χ3v) is 3.00. The SMILES string of the molecule is CCC(CC)C(=O)c1ccc(OC(F)(F)C(F)F)cc1. The van der Waals surface area contributed by atoms with Crippen molar-refractivity contribution < 1.29 is 27.1 Å². The van der Waals surface area contributed by atoms with Crippen molar-refractivity contribution >= 4 is 5.78 Å². The molecule has 0 radical (unpaired) electrons. The largest absolute Gasteiger partial charge is 0.461 e. The minimum Gasteiger partial charge on any atom is -0.428 e. The number of ketones is 1. The lowest BCUT2D eigenvalue weighted by atomic mass is 9.93. The molecular formula is C14H16F4O2. The Hall–Kier alpha value is -1.59. The molecular weight excluding hydrogens is 276 g/mol. The van der Waals surface area contributed by atoms with Crippen LogP contribution in [-0.4, -0.2) is 18.3 Å². The molecule has 0 aromatic heterocycles. The van der Waals surface area contributed by atoms with Crippen LogP contribution in [0.15, 0.2) is 24.3 Å². The Morgan fingerprint density at radius 2 is 1.65 bits per heavy atom. The monoisotopic (exact) mass is 292 g/mol. The van der Waals surface area contributed by atoms with Crippen molar-refractivity contribution in [2.75, 3.05) is 0 Å². The third kappa shape index (κ3) is 3.95. The summed E-state index contributed by atoms with van der Waals surface area (Å²) in [7, 11) is 0. The van der Waals surface area contributed by atoms with Gasteiger partial charge in [0.2, 0.25) is 0 Å². The van der Waals surface area contributed by atoms with E-state index in [1.165, 1.54) is 12.1 Å². The fourth-order valence-corrected chi connectivity index (χ4v) is 1.78. The molecule has 2 nitrogen and oxygen atoms in total. The number of Topliss-reactive ketones (excluding diaryl/α,β-unsaturated/α-hetero) is 1. The Bertz CT molecular complexity index is 439. The quantitative estimate of drug-likeness (QED) is 0.544. The van der Waals surface area contributed by atoms with E-state index in [1.54, 1.807) is 0 Å². The lowest BCUT2D eigenvalue weighted by molar-refractivity contribution is -0.253. The molecule has 0 N–H and O–H groups in total. The first kappa shape index (κ1) is 16.5. The van der Waals surface area contributed by atoms with Gasteiger partial charge in [0.1, 0.15) is 5.75 Å². The van der Waals surface area contributed by atoms with Crippen LogP contribution in [0.2, 0.25) is 0 Å². The van der Waals surface area contributed by atoms with Gasteiger partial charge in [-0.2, -0.15) is 17.6 Å². The maximum Gasteiger partial charge on any atom is 0.461 e. The highest BCUT2D eigenvalue weighted by Gasteiger charge is 2.43. The Labute approximate surface area is 114 Å². The van der Waals surface area contributed by atoms with Gasteiger partial charge in [-0.3, -0.25) is 4.79 Å². The Morgan fingerprint density at radius 1 is 1.15 bits per heavy atom. The second-order valence-electron chi connectivity index (χ2n) is 4.37. The first-order chi connectivity index (χ1) is 9.31. The molecule has 0 spiro atoms. The molecule has 0 unspecified atom stereocenters. The molecule has 1 aromatic carbocycles. The van der Waals surface area contributed by atoms with E-state index in [4.69, 9.17) is 0 Å². The number of carbonyl (C=O) groups is 1. The van der Waals surface area contributed by atoms with E-state index in [9.17, 15) is 22.4 Å². The van der Waals surface area contributed by atoms with E-state index in [2.05, 4.69) is 4.74 Å². The van der Waals surface area contributed by atoms with Crippen LogP contribution in [0.3, 0.4) is 0 Å². The summed E-state index contributed by atoms with van der Waals surface area (Å²) in [5.41, 5.74) is 0.353. The predicted molar refractivity (Wildman–Crippen MR) is 66.4 cm³/mol. The maximum atomic E-state index is 12.7. The summed E-state index contributed by atoms with van der Waals surface area (Å²) in [6, 6.07) is 4.78. The van der Waals surface area contributed by atoms with E-state index in [-0.39, 0.29) is 11.7 Å². The van der Waals surface area contributed by atoms with Crippen LogP contribution in [-0.2, 0) is 0 Å². The molecule has 112 valence electrons. The highest BCUT2D eigenvalue weighted by Crippen LogP contribution is 2.28. The van der Waals surface area contributed by atoms with E-state index in [0.717, 1.165) is 12.1 Å². The number of rotatable bonds is 7. The van der Waals surface area contributed by atoms with Crippen LogP contribution < -0.4 is 4.74 Å². The fourth-order valence-electron chi connectivity index (χ4n) is 1.78. The van der Waals surface area contributed by atoms with Crippen LogP contribution in [0.25, 0.3) is 0 Å². The molecule has 0 atom stereocenters. The highest BCUT2D eigenvalue weighted by molar-refractivity contribution is 5.97. The zero-order valence-corrected chi connectivity index (χ0v) is 11.2. The molecule has 0 saturated heterocycles. The van der Waals surface area contributed by atoms with E-state index >= 15 is 0 Å². The normalized spacial score (nSPS) is 12.0. The fraction of sp³-hybridized carbons (Fsp3) is 0.500. The van der Waals surface area contributed by atoms with Gasteiger partial charge in [-0.15, -0.1) is 0 Å². The number of carbonyl (C=O) groups excluding carboxylic acids is 1. The standard InChI is InChI=1S/C14H16F4O2/c1-3-9(4-2)12(19)10-5-7-11(8-6-10)20-14(17,18)13(15)16/h5-9,13H,3-4H2,1-2H3. The lowest BCUT2D eigenvalue weighted by Crippen LogP contribution is -2.33. The Kier molecular flexibility index (Phi) is 5.53. The van der Waals surface area contributed by atoms with Crippen molar-refractivity contribution in [3.63, 3.8) is 0 Å². The summed E-state index contributed by atoms with van der Waals surface area (Å²) >= 11 is 0. The summed E-state index contributed by atoms with van der Waals surface area (Å²) in [6.45, 7) is 3.76. The summed E-state index contributed by atoms with van der Waals surface area (Å²) in [5.74, 6) is -0.636. The second kappa shape index (κ2) is 6.72. The van der Waals surface area contributed by atoms with E-state index < -0.39 is 18.3 Å². The molecule has 1 rings (SSSR count). The highest BCUT2D eigenvalue weighted by atomic mass is 19.3. The molecule has 0 saturated carbocycles. The second-order valence-corrected chi connectivity index (χ2v) is 4.37. The van der Waals surface area contributed by atoms with Gasteiger partial charge >= 0.3 is 12.5 Å². The Morgan fingerprint density at radius 3 is 2.05 bits per heavy atom. The number of hydrogen-bond acceptors (Lipinski definition) is 2. The first-order valence-corrected chi connectivity index (χ1v) is 6.31. The molecule has 0 bridgehead atoms. The summed E-state index contributed by atoms with van der Waals surface area (Å²) in [5, 5.41) is 0. The zero-order valence-electron chi connectivity index (χ0n) is 11.2. The predicted octanol–water partition coefficient (Wildman–Crippen LogP) is 4.54. The summed E-state index contributed by atoms with van der Waals surface area (Å²) in [6.07, 6.45) is -7.09. The van der Waals surface area contributed by atoms with Crippen molar-refractivity contribution in [2.24, 2.45) is 5.92 Å². The van der Waals surface area contributed by atoms with Crippen LogP contribution in [0.1, 0.15) is 37.0 Å². The van der Waals surface area contributed by atoms with Crippen molar-refractivity contribution in [1.82, 2.24) is 0 Å². The minimum atomic E-state index is -4.54. The summed E-state index contributed by atoms with van der Waals surface area (Å²) < 4.78 is 53.2. The number of hydrogen-bond donors (Lipinski definition) is 0. The molecule has 1 aromatic rings. The molecule has 0 amide bonds. The molecule has 20 heavy (non-hydrogen) atoms. The van der Waals surface area contributed by atoms with Gasteiger partial charge in [-0.25, -0.2) is 0 Å². The molecule has 6 heteroatoms. The average Bonchev–Trinajstić information content (AvgIpc) is 2.40.